The van der Waals surface area contributed by atoms with E-state index in [1.54, 1.807) is 0 Å². The Bertz CT molecular complexity index is 652. The molecule has 3 rings (SSSR count). The second kappa shape index (κ2) is 6.53. The van der Waals surface area contributed by atoms with Gasteiger partial charge in [-0.3, -0.25) is 0 Å². The van der Waals surface area contributed by atoms with Gasteiger partial charge in [0.15, 0.2) is 0 Å². The zero-order chi connectivity index (χ0) is 14.3. The Balaban J connectivity index is 1.96. The summed E-state index contributed by atoms with van der Waals surface area (Å²) in [5.41, 5.74) is 3.11. The Hall–Kier alpha value is -2.87. The van der Waals surface area contributed by atoms with Crippen molar-refractivity contribution in [1.29, 1.82) is 0 Å². The zero-order valence-electron chi connectivity index (χ0n) is 11.6. The van der Waals surface area contributed by atoms with Gasteiger partial charge < -0.3 is 4.90 Å². The lowest BCUT2D eigenvalue weighted by molar-refractivity contribution is 1.35. The summed E-state index contributed by atoms with van der Waals surface area (Å²) in [5.74, 6) is 0. The van der Waals surface area contributed by atoms with Crippen LogP contribution >= 0.6 is 0 Å². The van der Waals surface area contributed by atoms with Gasteiger partial charge in [0, 0.05) is 11.4 Å². The lowest BCUT2D eigenvalue weighted by atomic mass is 10.2. The second-order valence-corrected chi connectivity index (χ2v) is 4.62. The van der Waals surface area contributed by atoms with Crippen molar-refractivity contribution in [3.63, 3.8) is 0 Å². The molecule has 2 heteroatoms. The summed E-state index contributed by atoms with van der Waals surface area (Å²) >= 11 is 0. The molecular formula is C19H16N2. The zero-order valence-corrected chi connectivity index (χ0v) is 11.6. The highest BCUT2D eigenvalue weighted by Crippen LogP contribution is 2.23. The van der Waals surface area contributed by atoms with Crippen molar-refractivity contribution in [3.8, 4) is 0 Å². The minimum absolute atomic E-state index is 0.939. The Labute approximate surface area is 125 Å². The number of nitrogens with zero attached hydrogens (tertiary/aromatic N) is 2. The molecule has 0 radical (unpaired) electrons. The molecule has 0 N–H and O–H groups in total. The van der Waals surface area contributed by atoms with Crippen molar-refractivity contribution >= 4 is 23.4 Å². The molecule has 0 amide bonds. The van der Waals surface area contributed by atoms with Crippen molar-refractivity contribution in [1.82, 2.24) is 0 Å². The normalized spacial score (nSPS) is 10.7. The molecule has 0 aromatic heterocycles. The molecule has 0 atom stereocenters. The first-order chi connectivity index (χ1) is 10.4. The highest BCUT2D eigenvalue weighted by atomic mass is 15.2. The maximum atomic E-state index is 4.56. The van der Waals surface area contributed by atoms with Crippen LogP contribution in [0.3, 0.4) is 0 Å². The van der Waals surface area contributed by atoms with Gasteiger partial charge in [0.1, 0.15) is 6.34 Å². The minimum Gasteiger partial charge on any atom is -0.301 e. The summed E-state index contributed by atoms with van der Waals surface area (Å²) in [7, 11) is 0. The van der Waals surface area contributed by atoms with Crippen LogP contribution in [0.25, 0.3) is 0 Å². The van der Waals surface area contributed by atoms with Crippen molar-refractivity contribution in [2.75, 3.05) is 4.90 Å². The molecule has 21 heavy (non-hydrogen) atoms. The van der Waals surface area contributed by atoms with E-state index in [0.717, 1.165) is 17.1 Å². The van der Waals surface area contributed by atoms with Gasteiger partial charge in [-0.25, -0.2) is 4.99 Å². The highest BCUT2D eigenvalue weighted by molar-refractivity contribution is 5.90. The molecule has 0 aliphatic carbocycles. The summed E-state index contributed by atoms with van der Waals surface area (Å²) in [6.07, 6.45) is 1.86. The fourth-order valence-electron chi connectivity index (χ4n) is 2.10. The molecule has 2 nitrogen and oxygen atoms in total. The third kappa shape index (κ3) is 3.37. The molecule has 0 aliphatic heterocycles. The van der Waals surface area contributed by atoms with Crippen LogP contribution in [0.5, 0.6) is 0 Å². The fourth-order valence-corrected chi connectivity index (χ4v) is 2.10. The van der Waals surface area contributed by atoms with Gasteiger partial charge in [-0.05, 0) is 36.4 Å². The topological polar surface area (TPSA) is 15.6 Å². The number of anilines is 2. The molecule has 0 bridgehead atoms. The molecule has 0 saturated carbocycles. The van der Waals surface area contributed by atoms with E-state index in [4.69, 9.17) is 0 Å². The highest BCUT2D eigenvalue weighted by Gasteiger charge is 2.05. The Morgan fingerprint density at radius 1 is 0.571 bits per heavy atom. The monoisotopic (exact) mass is 272 g/mol. The van der Waals surface area contributed by atoms with Gasteiger partial charge in [0.25, 0.3) is 0 Å². The lowest BCUT2D eigenvalue weighted by Crippen LogP contribution is -2.13. The van der Waals surface area contributed by atoms with E-state index in [0.29, 0.717) is 0 Å². The predicted molar refractivity (Wildman–Crippen MR) is 89.6 cm³/mol. The van der Waals surface area contributed by atoms with Gasteiger partial charge in [-0.1, -0.05) is 54.6 Å². The molecule has 0 spiro atoms. The first kappa shape index (κ1) is 13.1. The number of hydrogen-bond acceptors (Lipinski definition) is 1. The van der Waals surface area contributed by atoms with E-state index in [9.17, 15) is 0 Å². The van der Waals surface area contributed by atoms with Crippen LogP contribution < -0.4 is 4.90 Å². The first-order valence-electron chi connectivity index (χ1n) is 6.92. The Morgan fingerprint density at radius 2 is 1.00 bits per heavy atom. The minimum atomic E-state index is 0.939. The summed E-state index contributed by atoms with van der Waals surface area (Å²) in [5, 5.41) is 0. The molecular weight excluding hydrogens is 256 g/mol. The number of rotatable bonds is 4. The SMILES string of the molecule is C(=Nc1ccccc1)N(c1ccccc1)c1ccccc1. The molecule has 0 saturated heterocycles. The van der Waals surface area contributed by atoms with Crippen molar-refractivity contribution in [2.24, 2.45) is 4.99 Å². The van der Waals surface area contributed by atoms with Crippen LogP contribution in [-0.4, -0.2) is 6.34 Å². The van der Waals surface area contributed by atoms with Crippen molar-refractivity contribution in [2.45, 2.75) is 0 Å². The van der Waals surface area contributed by atoms with Crippen molar-refractivity contribution in [3.05, 3.63) is 91.0 Å². The van der Waals surface area contributed by atoms with Crippen LogP contribution in [0.2, 0.25) is 0 Å². The summed E-state index contributed by atoms with van der Waals surface area (Å²) in [6.45, 7) is 0. The largest absolute Gasteiger partial charge is 0.301 e. The van der Waals surface area contributed by atoms with E-state index in [2.05, 4.69) is 34.2 Å². The predicted octanol–water partition coefficient (Wildman–Crippen LogP) is 5.18. The summed E-state index contributed by atoms with van der Waals surface area (Å²) < 4.78 is 0. The van der Waals surface area contributed by atoms with Gasteiger partial charge in [-0.15, -0.1) is 0 Å². The van der Waals surface area contributed by atoms with E-state index < -0.39 is 0 Å². The van der Waals surface area contributed by atoms with Gasteiger partial charge >= 0.3 is 0 Å². The Morgan fingerprint density at radius 3 is 1.48 bits per heavy atom. The third-order valence-electron chi connectivity index (χ3n) is 3.15. The van der Waals surface area contributed by atoms with Crippen LogP contribution in [0.15, 0.2) is 96.0 Å². The van der Waals surface area contributed by atoms with E-state index >= 15 is 0 Å². The standard InChI is InChI=1S/C19H16N2/c1-4-10-17(11-5-1)20-16-21(18-12-6-2-7-13-18)19-14-8-3-9-15-19/h1-16H. The Kier molecular flexibility index (Phi) is 4.08. The number of benzene rings is 3. The maximum absolute atomic E-state index is 4.56. The molecule has 0 aliphatic rings. The van der Waals surface area contributed by atoms with Gasteiger partial charge in [0.2, 0.25) is 0 Å². The van der Waals surface area contributed by atoms with Crippen molar-refractivity contribution < 1.29 is 0 Å². The molecule has 3 aromatic carbocycles. The third-order valence-corrected chi connectivity index (χ3v) is 3.15. The first-order valence-corrected chi connectivity index (χ1v) is 6.92. The molecule has 102 valence electrons. The molecule has 0 fully saturated rings. The van der Waals surface area contributed by atoms with E-state index in [1.165, 1.54) is 0 Å². The van der Waals surface area contributed by atoms with E-state index in [1.807, 2.05) is 73.1 Å². The summed E-state index contributed by atoms with van der Waals surface area (Å²) in [4.78, 5) is 6.64. The van der Waals surface area contributed by atoms with Crippen LogP contribution in [-0.2, 0) is 0 Å². The molecule has 3 aromatic rings. The van der Waals surface area contributed by atoms with Gasteiger partial charge in [-0.2, -0.15) is 0 Å². The lowest BCUT2D eigenvalue weighted by Gasteiger charge is -2.19. The molecule has 0 heterocycles. The number of hydrogen-bond donors (Lipinski definition) is 0. The van der Waals surface area contributed by atoms with Crippen LogP contribution in [0.4, 0.5) is 17.1 Å². The smallest absolute Gasteiger partial charge is 0.100 e. The fraction of sp³-hybridized carbons (Fsp3) is 0. The van der Waals surface area contributed by atoms with Crippen LogP contribution in [0, 0.1) is 0 Å². The average Bonchev–Trinajstić information content (AvgIpc) is 2.58. The quantitative estimate of drug-likeness (QED) is 0.471. The maximum Gasteiger partial charge on any atom is 0.100 e. The average molecular weight is 272 g/mol. The van der Waals surface area contributed by atoms with Gasteiger partial charge in [0.05, 0.1) is 5.69 Å². The molecule has 0 unspecified atom stereocenters. The number of aliphatic imine (C=N–C) groups is 1. The van der Waals surface area contributed by atoms with E-state index in [-0.39, 0.29) is 0 Å². The second-order valence-electron chi connectivity index (χ2n) is 4.62. The number of para-hydroxylation sites is 3. The van der Waals surface area contributed by atoms with Crippen LogP contribution in [0.1, 0.15) is 0 Å². The summed E-state index contributed by atoms with van der Waals surface area (Å²) in [6, 6.07) is 30.4.